The van der Waals surface area contributed by atoms with Crippen molar-refractivity contribution in [3.8, 4) is 5.75 Å². The van der Waals surface area contributed by atoms with Crippen molar-refractivity contribution in [2.45, 2.75) is 32.2 Å². The second-order valence-corrected chi connectivity index (χ2v) is 4.91. The highest BCUT2D eigenvalue weighted by atomic mass is 16.5. The van der Waals surface area contributed by atoms with Gasteiger partial charge in [0.05, 0.1) is 12.8 Å². The summed E-state index contributed by atoms with van der Waals surface area (Å²) in [5, 5.41) is 3.03. The van der Waals surface area contributed by atoms with Crippen LogP contribution in [-0.4, -0.2) is 19.1 Å². The number of hydrogen-bond donors (Lipinski definition) is 2. The Morgan fingerprint density at radius 3 is 2.78 bits per heavy atom. The maximum Gasteiger partial charge on any atom is 0.251 e. The predicted molar refractivity (Wildman–Crippen MR) is 71.7 cm³/mol. The molecule has 3 N–H and O–H groups in total. The quantitative estimate of drug-likeness (QED) is 0.803. The first-order valence-electron chi connectivity index (χ1n) is 6.36. The first-order valence-corrected chi connectivity index (χ1v) is 6.36. The van der Waals surface area contributed by atoms with E-state index in [2.05, 4.69) is 12.2 Å². The van der Waals surface area contributed by atoms with Gasteiger partial charge in [-0.15, -0.1) is 0 Å². The van der Waals surface area contributed by atoms with E-state index < -0.39 is 0 Å². The fourth-order valence-electron chi connectivity index (χ4n) is 2.20. The van der Waals surface area contributed by atoms with Gasteiger partial charge in [-0.25, -0.2) is 0 Å². The van der Waals surface area contributed by atoms with E-state index >= 15 is 0 Å². The third-order valence-electron chi connectivity index (χ3n) is 3.71. The zero-order chi connectivity index (χ0) is 13.1. The zero-order valence-electron chi connectivity index (χ0n) is 10.9. The number of amides is 1. The van der Waals surface area contributed by atoms with Gasteiger partial charge in [-0.3, -0.25) is 4.79 Å². The van der Waals surface area contributed by atoms with Crippen LogP contribution < -0.4 is 15.8 Å². The van der Waals surface area contributed by atoms with E-state index in [1.165, 1.54) is 19.3 Å². The van der Waals surface area contributed by atoms with E-state index in [4.69, 9.17) is 10.5 Å². The predicted octanol–water partition coefficient (Wildman–Crippen LogP) is 2.20. The SMILES string of the molecule is COc1cc(C(=O)NC(C)C2CCC2)ccc1N. The van der Waals surface area contributed by atoms with E-state index in [0.29, 0.717) is 22.9 Å². The van der Waals surface area contributed by atoms with Crippen molar-refractivity contribution in [3.05, 3.63) is 23.8 Å². The number of benzene rings is 1. The lowest BCUT2D eigenvalue weighted by molar-refractivity contribution is 0.0909. The number of ether oxygens (including phenoxy) is 1. The third-order valence-corrected chi connectivity index (χ3v) is 3.71. The Balaban J connectivity index is 2.03. The summed E-state index contributed by atoms with van der Waals surface area (Å²) in [5.41, 5.74) is 6.86. The number of anilines is 1. The van der Waals surface area contributed by atoms with Crippen LogP contribution in [0.4, 0.5) is 5.69 Å². The molecule has 0 saturated heterocycles. The normalized spacial score (nSPS) is 16.8. The molecule has 0 aromatic heterocycles. The van der Waals surface area contributed by atoms with Crippen molar-refractivity contribution >= 4 is 11.6 Å². The van der Waals surface area contributed by atoms with Crippen LogP contribution in [0.5, 0.6) is 5.75 Å². The zero-order valence-corrected chi connectivity index (χ0v) is 10.9. The first-order chi connectivity index (χ1) is 8.61. The topological polar surface area (TPSA) is 64.3 Å². The van der Waals surface area contributed by atoms with E-state index in [9.17, 15) is 4.79 Å². The molecule has 0 radical (unpaired) electrons. The molecule has 4 heteroatoms. The minimum atomic E-state index is -0.0623. The van der Waals surface area contributed by atoms with Gasteiger partial charge in [0.1, 0.15) is 5.75 Å². The summed E-state index contributed by atoms with van der Waals surface area (Å²) in [5.74, 6) is 1.11. The van der Waals surface area contributed by atoms with Crippen LogP contribution in [0.15, 0.2) is 18.2 Å². The van der Waals surface area contributed by atoms with Gasteiger partial charge in [-0.2, -0.15) is 0 Å². The largest absolute Gasteiger partial charge is 0.495 e. The molecule has 1 aliphatic rings. The summed E-state index contributed by atoms with van der Waals surface area (Å²) >= 11 is 0. The lowest BCUT2D eigenvalue weighted by atomic mass is 9.80. The highest BCUT2D eigenvalue weighted by molar-refractivity contribution is 5.95. The molecule has 1 atom stereocenters. The molecule has 0 spiro atoms. The Hall–Kier alpha value is -1.71. The maximum absolute atomic E-state index is 12.1. The molecule has 1 amide bonds. The number of nitrogens with two attached hydrogens (primary N) is 1. The minimum absolute atomic E-state index is 0.0623. The summed E-state index contributed by atoms with van der Waals surface area (Å²) in [7, 11) is 1.55. The van der Waals surface area contributed by atoms with E-state index in [-0.39, 0.29) is 11.9 Å². The molecule has 1 saturated carbocycles. The summed E-state index contributed by atoms with van der Waals surface area (Å²) in [6.07, 6.45) is 3.71. The second-order valence-electron chi connectivity index (χ2n) is 4.91. The molecule has 1 unspecified atom stereocenters. The van der Waals surface area contributed by atoms with Gasteiger partial charge in [0, 0.05) is 11.6 Å². The average molecular weight is 248 g/mol. The summed E-state index contributed by atoms with van der Waals surface area (Å²) in [4.78, 5) is 12.1. The van der Waals surface area contributed by atoms with E-state index in [0.717, 1.165) is 0 Å². The number of carbonyl (C=O) groups is 1. The Morgan fingerprint density at radius 2 is 2.22 bits per heavy atom. The monoisotopic (exact) mass is 248 g/mol. The number of carbonyl (C=O) groups excluding carboxylic acids is 1. The van der Waals surface area contributed by atoms with Crippen LogP contribution in [0, 0.1) is 5.92 Å². The van der Waals surface area contributed by atoms with Gasteiger partial charge in [-0.05, 0) is 43.9 Å². The van der Waals surface area contributed by atoms with Crippen molar-refractivity contribution in [2.24, 2.45) is 5.92 Å². The number of hydrogen-bond acceptors (Lipinski definition) is 3. The van der Waals surface area contributed by atoms with Gasteiger partial charge >= 0.3 is 0 Å². The molecule has 1 aromatic rings. The van der Waals surface area contributed by atoms with Crippen LogP contribution in [0.2, 0.25) is 0 Å². The van der Waals surface area contributed by atoms with E-state index in [1.54, 1.807) is 25.3 Å². The van der Waals surface area contributed by atoms with Crippen molar-refractivity contribution in [2.75, 3.05) is 12.8 Å². The van der Waals surface area contributed by atoms with Gasteiger partial charge < -0.3 is 15.8 Å². The van der Waals surface area contributed by atoms with Gasteiger partial charge in [0.2, 0.25) is 0 Å². The Bertz CT molecular complexity index is 441. The van der Waals surface area contributed by atoms with Crippen molar-refractivity contribution in [1.82, 2.24) is 5.32 Å². The minimum Gasteiger partial charge on any atom is -0.495 e. The number of rotatable bonds is 4. The highest BCUT2D eigenvalue weighted by Gasteiger charge is 2.25. The molecule has 0 bridgehead atoms. The molecule has 0 heterocycles. The maximum atomic E-state index is 12.1. The fraction of sp³-hybridized carbons (Fsp3) is 0.500. The summed E-state index contributed by atoms with van der Waals surface area (Å²) < 4.78 is 5.12. The molecule has 98 valence electrons. The molecule has 18 heavy (non-hydrogen) atoms. The van der Waals surface area contributed by atoms with Gasteiger partial charge in [0.15, 0.2) is 0 Å². The molecule has 0 aliphatic heterocycles. The third kappa shape index (κ3) is 2.58. The van der Waals surface area contributed by atoms with Crippen molar-refractivity contribution in [1.29, 1.82) is 0 Å². The van der Waals surface area contributed by atoms with Crippen molar-refractivity contribution < 1.29 is 9.53 Å². The summed E-state index contributed by atoms with van der Waals surface area (Å²) in [6.45, 7) is 2.07. The van der Waals surface area contributed by atoms with Crippen molar-refractivity contribution in [3.63, 3.8) is 0 Å². The second kappa shape index (κ2) is 5.29. The molecule has 4 nitrogen and oxygen atoms in total. The average Bonchev–Trinajstić information content (AvgIpc) is 2.26. The lowest BCUT2D eigenvalue weighted by Crippen LogP contribution is -2.40. The van der Waals surface area contributed by atoms with Crippen LogP contribution in [-0.2, 0) is 0 Å². The summed E-state index contributed by atoms with van der Waals surface area (Å²) in [6, 6.07) is 5.33. The number of nitrogen functional groups attached to an aromatic ring is 1. The first kappa shape index (κ1) is 12.7. The molecular formula is C14H20N2O2. The van der Waals surface area contributed by atoms with Gasteiger partial charge in [-0.1, -0.05) is 6.42 Å². The molecule has 1 aromatic carbocycles. The Morgan fingerprint density at radius 1 is 1.50 bits per heavy atom. The molecule has 2 rings (SSSR count). The van der Waals surface area contributed by atoms with Crippen LogP contribution in [0.3, 0.4) is 0 Å². The smallest absolute Gasteiger partial charge is 0.251 e. The molecular weight excluding hydrogens is 228 g/mol. The number of methoxy groups -OCH3 is 1. The number of nitrogens with one attached hydrogen (secondary N) is 1. The fourth-order valence-corrected chi connectivity index (χ4v) is 2.20. The Kier molecular flexibility index (Phi) is 3.75. The molecule has 1 fully saturated rings. The van der Waals surface area contributed by atoms with E-state index in [1.807, 2.05) is 0 Å². The Labute approximate surface area is 108 Å². The lowest BCUT2D eigenvalue weighted by Gasteiger charge is -2.31. The van der Waals surface area contributed by atoms with Crippen LogP contribution in [0.25, 0.3) is 0 Å². The van der Waals surface area contributed by atoms with Crippen LogP contribution in [0.1, 0.15) is 36.5 Å². The highest BCUT2D eigenvalue weighted by Crippen LogP contribution is 2.29. The van der Waals surface area contributed by atoms with Gasteiger partial charge in [0.25, 0.3) is 5.91 Å². The van der Waals surface area contributed by atoms with Crippen LogP contribution >= 0.6 is 0 Å². The molecule has 1 aliphatic carbocycles. The standard InChI is InChI=1S/C14H20N2O2/c1-9(10-4-3-5-10)16-14(17)11-6-7-12(15)13(8-11)18-2/h6-10H,3-5,15H2,1-2H3,(H,16,17).